The number of carbonyl (C=O) groups excluding carboxylic acids is 2. The number of hydrogen-bond donors (Lipinski definition) is 0. The van der Waals surface area contributed by atoms with Crippen molar-refractivity contribution >= 4 is 22.9 Å². The second kappa shape index (κ2) is 8.53. The second-order valence-corrected chi connectivity index (χ2v) is 8.46. The molecule has 162 valence electrons. The number of aromatic nitrogens is 2. The molecule has 0 radical (unpaired) electrons. The van der Waals surface area contributed by atoms with E-state index in [2.05, 4.69) is 23.4 Å². The summed E-state index contributed by atoms with van der Waals surface area (Å²) in [5.41, 5.74) is 3.04. The Morgan fingerprint density at radius 1 is 1.06 bits per heavy atom. The van der Waals surface area contributed by atoms with Crippen LogP contribution in [0.2, 0.25) is 0 Å². The number of imidazole rings is 1. The molecule has 2 heterocycles. The van der Waals surface area contributed by atoms with Gasteiger partial charge in [-0.05, 0) is 77.3 Å². The summed E-state index contributed by atoms with van der Waals surface area (Å²) in [4.78, 5) is 32.2. The van der Waals surface area contributed by atoms with Gasteiger partial charge in [0.15, 0.2) is 6.10 Å². The largest absolute Gasteiger partial charge is 0.449 e. The molecule has 3 atom stereocenters. The molecule has 0 spiro atoms. The third-order valence-electron chi connectivity index (χ3n) is 6.15. The first-order valence-corrected chi connectivity index (χ1v) is 10.9. The van der Waals surface area contributed by atoms with Crippen LogP contribution in [0.3, 0.4) is 0 Å². The van der Waals surface area contributed by atoms with Gasteiger partial charge in [-0.3, -0.25) is 9.36 Å². The van der Waals surface area contributed by atoms with Crippen LogP contribution in [0, 0.1) is 6.92 Å². The summed E-state index contributed by atoms with van der Waals surface area (Å²) in [7, 11) is 0. The Bertz CT molecular complexity index is 1100. The van der Waals surface area contributed by atoms with E-state index >= 15 is 0 Å². The van der Waals surface area contributed by atoms with E-state index in [-0.39, 0.29) is 18.0 Å². The highest BCUT2D eigenvalue weighted by Crippen LogP contribution is 2.25. The predicted octanol–water partition coefficient (Wildman–Crippen LogP) is 4.67. The zero-order valence-corrected chi connectivity index (χ0v) is 18.5. The van der Waals surface area contributed by atoms with Gasteiger partial charge < -0.3 is 9.64 Å². The third-order valence-corrected chi connectivity index (χ3v) is 6.15. The molecule has 2 aromatic carbocycles. The number of nitrogens with zero attached hydrogens (tertiary/aromatic N) is 3. The fourth-order valence-electron chi connectivity index (χ4n) is 4.58. The van der Waals surface area contributed by atoms with Crippen LogP contribution in [-0.2, 0) is 9.53 Å². The standard InChI is InChI=1S/C25H29N3O3/c1-16-9-8-10-17(2)27(16)24(29)18(3)31-25(30)20-13-14-23-22(15-20)26-19(4)28(23)21-11-6-5-7-12-21/h5-7,11-18H,8-10H2,1-4H3/t16-,17+,18-/m0/s1. The van der Waals surface area contributed by atoms with Gasteiger partial charge >= 0.3 is 5.97 Å². The Balaban J connectivity index is 1.54. The quantitative estimate of drug-likeness (QED) is 0.577. The molecular formula is C25H29N3O3. The van der Waals surface area contributed by atoms with Gasteiger partial charge in [0.1, 0.15) is 5.82 Å². The van der Waals surface area contributed by atoms with Crippen molar-refractivity contribution in [1.82, 2.24) is 14.5 Å². The van der Waals surface area contributed by atoms with Gasteiger partial charge in [0, 0.05) is 17.8 Å². The molecule has 1 fully saturated rings. The van der Waals surface area contributed by atoms with E-state index in [0.717, 1.165) is 36.3 Å². The Hall–Kier alpha value is -3.15. The molecule has 0 unspecified atom stereocenters. The smallest absolute Gasteiger partial charge is 0.338 e. The number of piperidine rings is 1. The van der Waals surface area contributed by atoms with Crippen molar-refractivity contribution in [2.24, 2.45) is 0 Å². The number of hydrogen-bond acceptors (Lipinski definition) is 4. The first-order chi connectivity index (χ1) is 14.9. The molecule has 0 aliphatic carbocycles. The molecular weight excluding hydrogens is 390 g/mol. The van der Waals surface area contributed by atoms with E-state index in [1.165, 1.54) is 0 Å². The summed E-state index contributed by atoms with van der Waals surface area (Å²) in [6, 6.07) is 15.6. The van der Waals surface area contributed by atoms with Crippen LogP contribution in [0.4, 0.5) is 0 Å². The van der Waals surface area contributed by atoms with Gasteiger partial charge in [0.2, 0.25) is 0 Å². The van der Waals surface area contributed by atoms with Crippen LogP contribution in [0.5, 0.6) is 0 Å². The van der Waals surface area contributed by atoms with Gasteiger partial charge in [0.25, 0.3) is 5.91 Å². The number of para-hydroxylation sites is 1. The van der Waals surface area contributed by atoms with E-state index in [1.54, 1.807) is 19.1 Å². The first-order valence-electron chi connectivity index (χ1n) is 10.9. The highest BCUT2D eigenvalue weighted by Gasteiger charge is 2.33. The minimum Gasteiger partial charge on any atom is -0.449 e. The molecule has 1 saturated heterocycles. The maximum atomic E-state index is 12.9. The highest BCUT2D eigenvalue weighted by molar-refractivity contribution is 5.95. The van der Waals surface area contributed by atoms with E-state index < -0.39 is 12.1 Å². The first kappa shape index (κ1) is 21.1. The monoisotopic (exact) mass is 419 g/mol. The average Bonchev–Trinajstić information content (AvgIpc) is 3.08. The Morgan fingerprint density at radius 3 is 2.42 bits per heavy atom. The minimum absolute atomic E-state index is 0.127. The summed E-state index contributed by atoms with van der Waals surface area (Å²) in [5, 5.41) is 0. The van der Waals surface area contributed by atoms with Crippen LogP contribution < -0.4 is 0 Å². The SMILES string of the molecule is Cc1nc2cc(C(=O)O[C@@H](C)C(=O)N3[C@H](C)CCC[C@@H]3C)ccc2n1-c1ccccc1. The fourth-order valence-corrected chi connectivity index (χ4v) is 4.58. The normalized spacial score (nSPS) is 19.9. The number of amides is 1. The maximum absolute atomic E-state index is 12.9. The van der Waals surface area contributed by atoms with Crippen molar-refractivity contribution in [2.75, 3.05) is 0 Å². The summed E-state index contributed by atoms with van der Waals surface area (Å²) < 4.78 is 7.61. The lowest BCUT2D eigenvalue weighted by Gasteiger charge is -2.40. The summed E-state index contributed by atoms with van der Waals surface area (Å²) in [6.45, 7) is 7.70. The minimum atomic E-state index is -0.824. The van der Waals surface area contributed by atoms with E-state index in [4.69, 9.17) is 4.74 Å². The number of rotatable bonds is 4. The zero-order chi connectivity index (χ0) is 22.1. The van der Waals surface area contributed by atoms with Gasteiger partial charge in [-0.15, -0.1) is 0 Å². The lowest BCUT2D eigenvalue weighted by atomic mass is 9.97. The van der Waals surface area contributed by atoms with Crippen molar-refractivity contribution < 1.29 is 14.3 Å². The summed E-state index contributed by atoms with van der Waals surface area (Å²) in [6.07, 6.45) is 2.26. The third kappa shape index (κ3) is 4.07. The van der Waals surface area contributed by atoms with Gasteiger partial charge in [-0.2, -0.15) is 0 Å². The molecule has 1 aliphatic heterocycles. The number of ether oxygens (including phenoxy) is 1. The van der Waals surface area contributed by atoms with Crippen molar-refractivity contribution in [3.8, 4) is 5.69 Å². The van der Waals surface area contributed by atoms with Crippen LogP contribution in [-0.4, -0.2) is 44.5 Å². The summed E-state index contributed by atoms with van der Waals surface area (Å²) >= 11 is 0. The molecule has 0 bridgehead atoms. The molecule has 3 aromatic rings. The lowest BCUT2D eigenvalue weighted by molar-refractivity contribution is -0.146. The number of aryl methyl sites for hydroxylation is 1. The van der Waals surface area contributed by atoms with E-state index in [0.29, 0.717) is 11.1 Å². The molecule has 1 amide bonds. The highest BCUT2D eigenvalue weighted by atomic mass is 16.5. The molecule has 6 heteroatoms. The van der Waals surface area contributed by atoms with Crippen molar-refractivity contribution in [2.45, 2.75) is 65.1 Å². The molecule has 31 heavy (non-hydrogen) atoms. The van der Waals surface area contributed by atoms with Gasteiger partial charge in [-0.25, -0.2) is 9.78 Å². The number of likely N-dealkylation sites (tertiary alicyclic amines) is 1. The maximum Gasteiger partial charge on any atom is 0.338 e. The molecule has 0 N–H and O–H groups in total. The van der Waals surface area contributed by atoms with Gasteiger partial charge in [-0.1, -0.05) is 18.2 Å². The van der Waals surface area contributed by atoms with Crippen LogP contribution in [0.15, 0.2) is 48.5 Å². The number of esters is 1. The topological polar surface area (TPSA) is 64.4 Å². The fraction of sp³-hybridized carbons (Fsp3) is 0.400. The van der Waals surface area contributed by atoms with Gasteiger partial charge in [0.05, 0.1) is 16.6 Å². The average molecular weight is 420 g/mol. The van der Waals surface area contributed by atoms with Crippen molar-refractivity contribution in [3.05, 3.63) is 59.9 Å². The molecule has 4 rings (SSSR count). The zero-order valence-electron chi connectivity index (χ0n) is 18.5. The molecule has 1 aromatic heterocycles. The van der Waals surface area contributed by atoms with Crippen molar-refractivity contribution in [3.63, 3.8) is 0 Å². The van der Waals surface area contributed by atoms with Crippen LogP contribution >= 0.6 is 0 Å². The van der Waals surface area contributed by atoms with Crippen molar-refractivity contribution in [1.29, 1.82) is 0 Å². The molecule has 1 aliphatic rings. The number of benzene rings is 2. The Kier molecular flexibility index (Phi) is 5.81. The molecule has 0 saturated carbocycles. The second-order valence-electron chi connectivity index (χ2n) is 8.46. The lowest BCUT2D eigenvalue weighted by Crippen LogP contribution is -2.51. The Morgan fingerprint density at radius 2 is 1.74 bits per heavy atom. The van der Waals surface area contributed by atoms with Crippen LogP contribution in [0.25, 0.3) is 16.7 Å². The number of carbonyl (C=O) groups is 2. The van der Waals surface area contributed by atoms with E-state index in [1.807, 2.05) is 48.2 Å². The molecule has 6 nitrogen and oxygen atoms in total. The summed E-state index contributed by atoms with van der Waals surface area (Å²) in [5.74, 6) is 0.202. The van der Waals surface area contributed by atoms with E-state index in [9.17, 15) is 9.59 Å². The van der Waals surface area contributed by atoms with Crippen LogP contribution in [0.1, 0.15) is 56.2 Å². The number of fused-ring (bicyclic) bond motifs is 1. The Labute approximate surface area is 182 Å². The predicted molar refractivity (Wildman–Crippen MR) is 120 cm³/mol.